The molecule has 4 rings (SSSR count). The van der Waals surface area contributed by atoms with E-state index in [1.165, 1.54) is 0 Å². The lowest BCUT2D eigenvalue weighted by molar-refractivity contribution is 0.122. The van der Waals surface area contributed by atoms with Crippen molar-refractivity contribution >= 4 is 61.6 Å². The smallest absolute Gasteiger partial charge is 0.250 e. The number of ether oxygens (including phenoxy) is 2. The molecule has 2 N–H and O–H groups in total. The van der Waals surface area contributed by atoms with Crippen LogP contribution < -0.4 is 20.4 Å². The Labute approximate surface area is 202 Å². The van der Waals surface area contributed by atoms with Crippen molar-refractivity contribution in [3.8, 4) is 5.75 Å². The topological polar surface area (TPSA) is 96.8 Å². The Hall–Kier alpha value is -2.76. The highest BCUT2D eigenvalue weighted by atomic mass is 79.9. The first-order chi connectivity index (χ1) is 15.6. The summed E-state index contributed by atoms with van der Waals surface area (Å²) in [5.74, 6) is 2.00. The fourth-order valence-corrected chi connectivity index (χ4v) is 3.81. The lowest BCUT2D eigenvalue weighted by Gasteiger charge is -2.27. The Balaban J connectivity index is 1.59. The van der Waals surface area contributed by atoms with Crippen LogP contribution >= 0.6 is 31.9 Å². The van der Waals surface area contributed by atoms with Crippen molar-refractivity contribution in [2.24, 2.45) is 5.10 Å². The zero-order valence-electron chi connectivity index (χ0n) is 17.3. The average Bonchev–Trinajstić information content (AvgIpc) is 2.80. The summed E-state index contributed by atoms with van der Waals surface area (Å²) in [6.07, 6.45) is 1.66. The van der Waals surface area contributed by atoms with Gasteiger partial charge >= 0.3 is 0 Å². The standard InChI is InChI=1S/C21H21Br2N7O2/c1-31-18-6-5-16(23)11-14(18)13-24-29-20-26-19(25-17-4-2-3-15(22)12-17)27-21(28-20)30-7-9-32-10-8-30/h2-6,11-13H,7-10H2,1H3,(H2,25,26,27,28,29). The van der Waals surface area contributed by atoms with E-state index in [1.54, 1.807) is 13.3 Å². The molecule has 1 fully saturated rings. The van der Waals surface area contributed by atoms with Crippen molar-refractivity contribution < 1.29 is 9.47 Å². The molecule has 2 aromatic carbocycles. The summed E-state index contributed by atoms with van der Waals surface area (Å²) in [7, 11) is 1.62. The predicted molar refractivity (Wildman–Crippen MR) is 132 cm³/mol. The summed E-state index contributed by atoms with van der Waals surface area (Å²) in [4.78, 5) is 15.7. The van der Waals surface area contributed by atoms with Gasteiger partial charge in [-0.3, -0.25) is 0 Å². The number of halogens is 2. The molecule has 0 aliphatic carbocycles. The van der Waals surface area contributed by atoms with Gasteiger partial charge < -0.3 is 19.7 Å². The minimum absolute atomic E-state index is 0.323. The number of nitrogens with zero attached hydrogens (tertiary/aromatic N) is 5. The number of methoxy groups -OCH3 is 1. The molecule has 0 atom stereocenters. The van der Waals surface area contributed by atoms with Gasteiger partial charge in [0.05, 0.1) is 26.5 Å². The summed E-state index contributed by atoms with van der Waals surface area (Å²) in [6.45, 7) is 2.67. The predicted octanol–water partition coefficient (Wildman–Crippen LogP) is 4.43. The van der Waals surface area contributed by atoms with Gasteiger partial charge in [0.1, 0.15) is 5.75 Å². The molecule has 1 aliphatic rings. The van der Waals surface area contributed by atoms with Crippen LogP contribution in [0.1, 0.15) is 5.56 Å². The first-order valence-corrected chi connectivity index (χ1v) is 11.4. The third-order valence-corrected chi connectivity index (χ3v) is 5.54. The molecule has 32 heavy (non-hydrogen) atoms. The fraction of sp³-hybridized carbons (Fsp3) is 0.238. The van der Waals surface area contributed by atoms with E-state index in [0.29, 0.717) is 49.9 Å². The molecule has 11 heteroatoms. The van der Waals surface area contributed by atoms with Crippen molar-refractivity contribution in [2.45, 2.75) is 0 Å². The second-order valence-electron chi connectivity index (χ2n) is 6.77. The molecule has 0 unspecified atom stereocenters. The molecule has 9 nitrogen and oxygen atoms in total. The van der Waals surface area contributed by atoms with E-state index in [0.717, 1.165) is 20.2 Å². The first-order valence-electron chi connectivity index (χ1n) is 9.85. The summed E-state index contributed by atoms with van der Waals surface area (Å²) >= 11 is 6.94. The van der Waals surface area contributed by atoms with E-state index >= 15 is 0 Å². The molecule has 1 saturated heterocycles. The Bertz CT molecular complexity index is 1110. The zero-order chi connectivity index (χ0) is 22.3. The minimum Gasteiger partial charge on any atom is -0.496 e. The molecule has 1 aromatic heterocycles. The largest absolute Gasteiger partial charge is 0.496 e. The Morgan fingerprint density at radius 1 is 1.03 bits per heavy atom. The highest BCUT2D eigenvalue weighted by Gasteiger charge is 2.17. The van der Waals surface area contributed by atoms with Crippen LogP contribution in [0.5, 0.6) is 5.75 Å². The van der Waals surface area contributed by atoms with Crippen LogP contribution in [0.4, 0.5) is 23.5 Å². The van der Waals surface area contributed by atoms with Crippen LogP contribution in [0.2, 0.25) is 0 Å². The molecule has 166 valence electrons. The van der Waals surface area contributed by atoms with Crippen molar-refractivity contribution in [1.29, 1.82) is 0 Å². The van der Waals surface area contributed by atoms with E-state index in [4.69, 9.17) is 9.47 Å². The van der Waals surface area contributed by atoms with Gasteiger partial charge in [-0.05, 0) is 36.4 Å². The fourth-order valence-electron chi connectivity index (χ4n) is 3.04. The monoisotopic (exact) mass is 561 g/mol. The van der Waals surface area contributed by atoms with Gasteiger partial charge in [-0.2, -0.15) is 20.1 Å². The number of nitrogens with one attached hydrogen (secondary N) is 2. The van der Waals surface area contributed by atoms with Gasteiger partial charge in [0.2, 0.25) is 17.8 Å². The molecule has 3 aromatic rings. The highest BCUT2D eigenvalue weighted by molar-refractivity contribution is 9.10. The number of hydrogen-bond donors (Lipinski definition) is 2. The molecule has 0 spiro atoms. The third-order valence-electron chi connectivity index (χ3n) is 4.56. The van der Waals surface area contributed by atoms with E-state index in [9.17, 15) is 0 Å². The van der Waals surface area contributed by atoms with Crippen molar-refractivity contribution in [3.63, 3.8) is 0 Å². The number of anilines is 4. The van der Waals surface area contributed by atoms with E-state index < -0.39 is 0 Å². The number of hydrogen-bond acceptors (Lipinski definition) is 9. The molecule has 0 saturated carbocycles. The van der Waals surface area contributed by atoms with E-state index in [1.807, 2.05) is 42.5 Å². The van der Waals surface area contributed by atoms with Crippen LogP contribution in [0.15, 0.2) is 56.5 Å². The van der Waals surface area contributed by atoms with Gasteiger partial charge in [0.15, 0.2) is 0 Å². The van der Waals surface area contributed by atoms with Crippen LogP contribution in [0.3, 0.4) is 0 Å². The lowest BCUT2D eigenvalue weighted by Crippen LogP contribution is -2.37. The zero-order valence-corrected chi connectivity index (χ0v) is 20.4. The molecule has 0 radical (unpaired) electrons. The summed E-state index contributed by atoms with van der Waals surface area (Å²) in [5.41, 5.74) is 4.57. The maximum absolute atomic E-state index is 5.45. The number of benzene rings is 2. The first kappa shape index (κ1) is 22.4. The second kappa shape index (κ2) is 10.7. The molecule has 0 amide bonds. The average molecular weight is 563 g/mol. The summed E-state index contributed by atoms with van der Waals surface area (Å²) < 4.78 is 12.7. The van der Waals surface area contributed by atoms with Crippen LogP contribution in [0.25, 0.3) is 0 Å². The number of morpholine rings is 1. The molecular formula is C21H21Br2N7O2. The van der Waals surface area contributed by atoms with Crippen LogP contribution in [0, 0.1) is 0 Å². The molecule has 1 aliphatic heterocycles. The SMILES string of the molecule is COc1ccc(Br)cc1C=NNc1nc(Nc2cccc(Br)c2)nc(N2CCOCC2)n1. The van der Waals surface area contributed by atoms with Gasteiger partial charge in [-0.15, -0.1) is 0 Å². The number of aromatic nitrogens is 3. The maximum atomic E-state index is 5.45. The minimum atomic E-state index is 0.323. The molecular weight excluding hydrogens is 542 g/mol. The quantitative estimate of drug-likeness (QED) is 0.322. The van der Waals surface area contributed by atoms with Crippen molar-refractivity contribution in [2.75, 3.05) is 49.1 Å². The Kier molecular flexibility index (Phi) is 7.51. The summed E-state index contributed by atoms with van der Waals surface area (Å²) in [6, 6.07) is 13.5. The van der Waals surface area contributed by atoms with E-state index in [-0.39, 0.29) is 0 Å². The Morgan fingerprint density at radius 2 is 1.81 bits per heavy atom. The highest BCUT2D eigenvalue weighted by Crippen LogP contribution is 2.23. The van der Waals surface area contributed by atoms with Crippen LogP contribution in [-0.4, -0.2) is 54.6 Å². The number of hydrazone groups is 1. The molecule has 0 bridgehead atoms. The van der Waals surface area contributed by atoms with E-state index in [2.05, 4.69) is 67.6 Å². The summed E-state index contributed by atoms with van der Waals surface area (Å²) in [5, 5.41) is 7.53. The van der Waals surface area contributed by atoms with Crippen molar-refractivity contribution in [3.05, 3.63) is 57.0 Å². The van der Waals surface area contributed by atoms with Gasteiger partial charge in [-0.25, -0.2) is 5.43 Å². The van der Waals surface area contributed by atoms with Crippen LogP contribution in [-0.2, 0) is 4.74 Å². The van der Waals surface area contributed by atoms with Gasteiger partial charge in [-0.1, -0.05) is 37.9 Å². The number of rotatable bonds is 7. The maximum Gasteiger partial charge on any atom is 0.250 e. The van der Waals surface area contributed by atoms with Gasteiger partial charge in [0.25, 0.3) is 0 Å². The van der Waals surface area contributed by atoms with Gasteiger partial charge in [0, 0.05) is 33.3 Å². The molecule has 2 heterocycles. The Morgan fingerprint density at radius 3 is 2.59 bits per heavy atom. The van der Waals surface area contributed by atoms with Crippen molar-refractivity contribution in [1.82, 2.24) is 15.0 Å². The normalized spacial score (nSPS) is 13.9. The third kappa shape index (κ3) is 5.93. The lowest BCUT2D eigenvalue weighted by atomic mass is 10.2. The second-order valence-corrected chi connectivity index (χ2v) is 8.61.